The van der Waals surface area contributed by atoms with E-state index in [0.29, 0.717) is 19.3 Å². The molecule has 0 saturated heterocycles. The number of carbonyl (C=O) groups excluding carboxylic acids is 2. The maximum atomic E-state index is 12.1. The zero-order chi connectivity index (χ0) is 31.5. The van der Waals surface area contributed by atoms with Gasteiger partial charge in [0.1, 0.15) is 6.61 Å². The second-order valence-corrected chi connectivity index (χ2v) is 11.6. The van der Waals surface area contributed by atoms with Crippen molar-refractivity contribution in [3.63, 3.8) is 0 Å². The van der Waals surface area contributed by atoms with E-state index in [1.807, 2.05) is 0 Å². The van der Waals surface area contributed by atoms with Gasteiger partial charge in [-0.05, 0) is 51.4 Å². The van der Waals surface area contributed by atoms with Crippen LogP contribution in [0, 0.1) is 0 Å². The summed E-state index contributed by atoms with van der Waals surface area (Å²) in [5.41, 5.74) is 0. The van der Waals surface area contributed by atoms with Crippen molar-refractivity contribution in [3.8, 4) is 0 Å². The molecule has 0 fully saturated rings. The average molecular weight is 603 g/mol. The number of unbranched alkanes of at least 4 members (excludes halogenated alkanes) is 15. The van der Waals surface area contributed by atoms with E-state index < -0.39 is 6.10 Å². The summed E-state index contributed by atoms with van der Waals surface area (Å²) in [6.45, 7) is 4.04. The molecule has 0 aromatic carbocycles. The molecule has 0 rings (SSSR count). The Labute approximate surface area is 265 Å². The molecule has 1 unspecified atom stereocenters. The fourth-order valence-corrected chi connectivity index (χ4v) is 4.66. The first-order valence-electron chi connectivity index (χ1n) is 17.7. The fourth-order valence-electron chi connectivity index (χ4n) is 4.66. The monoisotopic (exact) mass is 602 g/mol. The van der Waals surface area contributed by atoms with Crippen molar-refractivity contribution >= 4 is 11.9 Å². The van der Waals surface area contributed by atoms with Crippen LogP contribution in [0.25, 0.3) is 0 Å². The molecule has 1 atom stereocenters. The van der Waals surface area contributed by atoms with Crippen LogP contribution in [0.15, 0.2) is 48.6 Å². The molecule has 0 radical (unpaired) electrons. The van der Waals surface area contributed by atoms with Gasteiger partial charge in [-0.25, -0.2) is 0 Å². The first-order chi connectivity index (χ1) is 21.1. The minimum atomic E-state index is -0.790. The van der Waals surface area contributed by atoms with Gasteiger partial charge in [0.05, 0.1) is 6.61 Å². The summed E-state index contributed by atoms with van der Waals surface area (Å²) in [6, 6.07) is 0. The number of aliphatic hydroxyl groups excluding tert-OH is 1. The number of allylic oxidation sites excluding steroid dienone is 8. The van der Waals surface area contributed by atoms with Crippen molar-refractivity contribution in [2.24, 2.45) is 0 Å². The van der Waals surface area contributed by atoms with Gasteiger partial charge >= 0.3 is 11.9 Å². The normalized spacial score (nSPS) is 12.7. The largest absolute Gasteiger partial charge is 0.462 e. The van der Waals surface area contributed by atoms with Crippen molar-refractivity contribution in [1.82, 2.24) is 0 Å². The quantitative estimate of drug-likeness (QED) is 0.0485. The Bertz CT molecular complexity index is 737. The Morgan fingerprint density at radius 3 is 1.47 bits per heavy atom. The van der Waals surface area contributed by atoms with Crippen LogP contribution in [0.1, 0.15) is 162 Å². The maximum absolute atomic E-state index is 12.1. The van der Waals surface area contributed by atoms with Crippen molar-refractivity contribution in [2.75, 3.05) is 13.2 Å². The third kappa shape index (κ3) is 32.6. The van der Waals surface area contributed by atoms with Gasteiger partial charge in [0.15, 0.2) is 6.10 Å². The molecule has 0 heterocycles. The molecule has 0 aliphatic rings. The predicted molar refractivity (Wildman–Crippen MR) is 182 cm³/mol. The van der Waals surface area contributed by atoms with Gasteiger partial charge in [0.2, 0.25) is 0 Å². The van der Waals surface area contributed by atoms with Crippen molar-refractivity contribution in [2.45, 2.75) is 168 Å². The van der Waals surface area contributed by atoms with E-state index in [2.05, 4.69) is 62.5 Å². The summed E-state index contributed by atoms with van der Waals surface area (Å²) in [5, 5.41) is 9.50. The number of aliphatic hydroxyl groups is 1. The lowest BCUT2D eigenvalue weighted by atomic mass is 10.0. The highest BCUT2D eigenvalue weighted by Crippen LogP contribution is 2.13. The second-order valence-electron chi connectivity index (χ2n) is 11.6. The Kier molecular flexibility index (Phi) is 32.6. The number of ether oxygens (including phenoxy) is 2. The Morgan fingerprint density at radius 2 is 0.953 bits per heavy atom. The van der Waals surface area contributed by atoms with Gasteiger partial charge in [-0.3, -0.25) is 9.59 Å². The molecule has 0 aliphatic carbocycles. The Balaban J connectivity index is 3.69. The summed E-state index contributed by atoms with van der Waals surface area (Å²) < 4.78 is 10.5. The van der Waals surface area contributed by atoms with E-state index in [-0.39, 0.29) is 25.2 Å². The summed E-state index contributed by atoms with van der Waals surface area (Å²) >= 11 is 0. The van der Waals surface area contributed by atoms with Crippen molar-refractivity contribution in [1.29, 1.82) is 0 Å². The third-order valence-corrected chi connectivity index (χ3v) is 7.38. The lowest BCUT2D eigenvalue weighted by Crippen LogP contribution is -2.28. The predicted octanol–water partition coefficient (Wildman–Crippen LogP) is 10.7. The van der Waals surface area contributed by atoms with E-state index in [9.17, 15) is 14.7 Å². The minimum absolute atomic E-state index is 0.0934. The van der Waals surface area contributed by atoms with Gasteiger partial charge in [-0.1, -0.05) is 146 Å². The van der Waals surface area contributed by atoms with Crippen LogP contribution in [0.3, 0.4) is 0 Å². The fraction of sp³-hybridized carbons (Fsp3) is 0.737. The number of carbonyl (C=O) groups is 2. The summed E-state index contributed by atoms with van der Waals surface area (Å²) in [4.78, 5) is 24.1. The van der Waals surface area contributed by atoms with Crippen LogP contribution in [0.5, 0.6) is 0 Å². The lowest BCUT2D eigenvalue weighted by molar-refractivity contribution is -0.161. The van der Waals surface area contributed by atoms with E-state index >= 15 is 0 Å². The first-order valence-corrected chi connectivity index (χ1v) is 17.7. The first kappa shape index (κ1) is 40.9. The summed E-state index contributed by atoms with van der Waals surface area (Å²) in [5.74, 6) is -0.658. The Hall–Kier alpha value is -2.14. The molecule has 1 N–H and O–H groups in total. The number of hydrogen-bond acceptors (Lipinski definition) is 5. The standard InChI is InChI=1S/C38H66O5/c1-3-5-7-9-11-13-15-17-18-19-20-21-23-24-26-28-30-32-37(40)42-35-36(34-39)43-38(41)33-31-29-27-25-22-16-14-12-10-8-6-4-2/h11,13,17-18,20-21,24,26,36,39H,3-10,12,14-16,19,22-23,25,27-35H2,1-2H3. The van der Waals surface area contributed by atoms with Crippen LogP contribution >= 0.6 is 0 Å². The van der Waals surface area contributed by atoms with Crippen LogP contribution < -0.4 is 0 Å². The lowest BCUT2D eigenvalue weighted by Gasteiger charge is -2.15. The highest BCUT2D eigenvalue weighted by Gasteiger charge is 2.16. The Morgan fingerprint density at radius 1 is 0.535 bits per heavy atom. The molecule has 0 bridgehead atoms. The summed E-state index contributed by atoms with van der Waals surface area (Å²) in [6.07, 6.45) is 41.7. The van der Waals surface area contributed by atoms with E-state index in [4.69, 9.17) is 9.47 Å². The molecule has 5 heteroatoms. The van der Waals surface area contributed by atoms with Gasteiger partial charge < -0.3 is 14.6 Å². The average Bonchev–Trinajstić information content (AvgIpc) is 3.01. The SMILES string of the molecule is CCCCCC=CCC=CCC=CCC=CCCCC(=O)OCC(CO)OC(=O)CCCCCCCCCCCCCC. The van der Waals surface area contributed by atoms with Gasteiger partial charge in [0.25, 0.3) is 0 Å². The third-order valence-electron chi connectivity index (χ3n) is 7.38. The van der Waals surface area contributed by atoms with Crippen molar-refractivity contribution < 1.29 is 24.2 Å². The van der Waals surface area contributed by atoms with Crippen LogP contribution in [0.2, 0.25) is 0 Å². The molecule has 0 spiro atoms. The number of hydrogen-bond donors (Lipinski definition) is 1. The molecule has 43 heavy (non-hydrogen) atoms. The van der Waals surface area contributed by atoms with Crippen LogP contribution in [-0.2, 0) is 19.1 Å². The van der Waals surface area contributed by atoms with E-state index in [0.717, 1.165) is 44.9 Å². The number of rotatable bonds is 31. The molecular weight excluding hydrogens is 536 g/mol. The number of esters is 2. The van der Waals surface area contributed by atoms with Crippen LogP contribution in [-0.4, -0.2) is 36.4 Å². The maximum Gasteiger partial charge on any atom is 0.306 e. The van der Waals surface area contributed by atoms with Gasteiger partial charge in [-0.2, -0.15) is 0 Å². The molecule has 0 aromatic rings. The molecule has 0 saturated carbocycles. The van der Waals surface area contributed by atoms with E-state index in [1.54, 1.807) is 0 Å². The summed E-state index contributed by atoms with van der Waals surface area (Å²) in [7, 11) is 0. The highest BCUT2D eigenvalue weighted by atomic mass is 16.6. The zero-order valence-corrected chi connectivity index (χ0v) is 28.0. The van der Waals surface area contributed by atoms with Crippen molar-refractivity contribution in [3.05, 3.63) is 48.6 Å². The molecule has 0 aliphatic heterocycles. The smallest absolute Gasteiger partial charge is 0.306 e. The van der Waals surface area contributed by atoms with E-state index in [1.165, 1.54) is 83.5 Å². The van der Waals surface area contributed by atoms with Gasteiger partial charge in [0, 0.05) is 12.8 Å². The minimum Gasteiger partial charge on any atom is -0.462 e. The molecular formula is C38H66O5. The molecule has 0 aromatic heterocycles. The molecule has 0 amide bonds. The second kappa shape index (κ2) is 34.4. The molecule has 5 nitrogen and oxygen atoms in total. The zero-order valence-electron chi connectivity index (χ0n) is 28.0. The molecule has 248 valence electrons. The topological polar surface area (TPSA) is 72.8 Å². The van der Waals surface area contributed by atoms with Crippen LogP contribution in [0.4, 0.5) is 0 Å². The highest BCUT2D eigenvalue weighted by molar-refractivity contribution is 5.70. The van der Waals surface area contributed by atoms with Gasteiger partial charge in [-0.15, -0.1) is 0 Å².